The van der Waals surface area contributed by atoms with Crippen LogP contribution >= 0.6 is 0 Å². The normalized spacial score (nSPS) is 10.3. The van der Waals surface area contributed by atoms with E-state index in [1.54, 1.807) is 25.3 Å². The maximum absolute atomic E-state index is 11.5. The molecule has 0 aliphatic heterocycles. The summed E-state index contributed by atoms with van der Waals surface area (Å²) in [6.07, 6.45) is 3.11. The fourth-order valence-corrected chi connectivity index (χ4v) is 1.30. The van der Waals surface area contributed by atoms with Crippen molar-refractivity contribution in [3.63, 3.8) is 0 Å². The third-order valence-corrected chi connectivity index (χ3v) is 2.21. The number of oxazole rings is 1. The highest BCUT2D eigenvalue weighted by Gasteiger charge is 2.09. The van der Waals surface area contributed by atoms with E-state index in [1.807, 2.05) is 0 Å². The molecule has 2 heterocycles. The molecule has 0 radical (unpaired) electrons. The van der Waals surface area contributed by atoms with Crippen LogP contribution in [0.4, 0.5) is 0 Å². The summed E-state index contributed by atoms with van der Waals surface area (Å²) < 4.78 is 10.2. The Morgan fingerprint density at radius 3 is 3.00 bits per heavy atom. The van der Waals surface area contributed by atoms with Crippen LogP contribution in [0.2, 0.25) is 0 Å². The molecule has 2 rings (SSSR count). The number of hydrogen-bond acceptors (Lipinski definition) is 4. The number of aryl methyl sites for hydroxylation is 1. The second-order valence-electron chi connectivity index (χ2n) is 3.39. The van der Waals surface area contributed by atoms with Crippen molar-refractivity contribution in [2.75, 3.05) is 0 Å². The predicted octanol–water partition coefficient (Wildman–Crippen LogP) is 1.43. The molecule has 5 nitrogen and oxygen atoms in total. The van der Waals surface area contributed by atoms with E-state index in [1.165, 1.54) is 6.39 Å². The van der Waals surface area contributed by atoms with E-state index >= 15 is 0 Å². The third-order valence-electron chi connectivity index (χ3n) is 2.21. The molecule has 0 saturated heterocycles. The quantitative estimate of drug-likeness (QED) is 0.846. The van der Waals surface area contributed by atoms with E-state index in [2.05, 4.69) is 10.3 Å². The van der Waals surface area contributed by atoms with Gasteiger partial charge in [-0.05, 0) is 19.1 Å². The summed E-state index contributed by atoms with van der Waals surface area (Å²) in [6, 6.07) is 3.59. The Morgan fingerprint density at radius 1 is 1.50 bits per heavy atom. The number of carbonyl (C=O) groups excluding carboxylic acids is 1. The molecule has 16 heavy (non-hydrogen) atoms. The lowest BCUT2D eigenvalue weighted by Crippen LogP contribution is -2.24. The number of aromatic nitrogens is 1. The van der Waals surface area contributed by atoms with E-state index in [9.17, 15) is 4.79 Å². The average molecular weight is 220 g/mol. The first-order valence-corrected chi connectivity index (χ1v) is 4.94. The predicted molar refractivity (Wildman–Crippen MR) is 55.5 cm³/mol. The van der Waals surface area contributed by atoms with Gasteiger partial charge in [-0.15, -0.1) is 0 Å². The van der Waals surface area contributed by atoms with Crippen LogP contribution in [0.25, 0.3) is 0 Å². The molecule has 84 valence electrons. The lowest BCUT2D eigenvalue weighted by molar-refractivity contribution is -0.120. The maximum atomic E-state index is 11.5. The average Bonchev–Trinajstić information content (AvgIpc) is 2.88. The molecule has 0 aromatic carbocycles. The third kappa shape index (κ3) is 2.50. The van der Waals surface area contributed by atoms with Gasteiger partial charge in [-0.1, -0.05) is 0 Å². The minimum Gasteiger partial charge on any atom is -0.467 e. The molecule has 1 N–H and O–H groups in total. The van der Waals surface area contributed by atoms with Crippen molar-refractivity contribution in [2.24, 2.45) is 0 Å². The summed E-state index contributed by atoms with van der Waals surface area (Å²) in [4.78, 5) is 15.4. The number of nitrogens with zero attached hydrogens (tertiary/aromatic N) is 1. The Labute approximate surface area is 92.5 Å². The molecule has 2 aromatic rings. The first kappa shape index (κ1) is 10.5. The van der Waals surface area contributed by atoms with Crippen molar-refractivity contribution in [2.45, 2.75) is 19.9 Å². The number of rotatable bonds is 4. The highest BCUT2D eigenvalue weighted by atomic mass is 16.3. The van der Waals surface area contributed by atoms with Crippen molar-refractivity contribution < 1.29 is 13.6 Å². The van der Waals surface area contributed by atoms with Crippen molar-refractivity contribution in [3.05, 3.63) is 42.0 Å². The van der Waals surface area contributed by atoms with Gasteiger partial charge in [-0.25, -0.2) is 4.98 Å². The minimum absolute atomic E-state index is 0.115. The standard InChI is InChI=1S/C11H12N2O3/c1-8-10(16-7-13-8)5-11(14)12-6-9-3-2-4-15-9/h2-4,7H,5-6H2,1H3,(H,12,14). The van der Waals surface area contributed by atoms with Crippen LogP contribution < -0.4 is 5.32 Å². The molecule has 0 fully saturated rings. The van der Waals surface area contributed by atoms with Crippen LogP contribution in [0.15, 0.2) is 33.6 Å². The van der Waals surface area contributed by atoms with Gasteiger partial charge in [0, 0.05) is 0 Å². The summed E-state index contributed by atoms with van der Waals surface area (Å²) in [6.45, 7) is 2.19. The van der Waals surface area contributed by atoms with Crippen molar-refractivity contribution >= 4 is 5.91 Å². The van der Waals surface area contributed by atoms with Gasteiger partial charge >= 0.3 is 0 Å². The minimum atomic E-state index is -0.115. The fourth-order valence-electron chi connectivity index (χ4n) is 1.30. The Morgan fingerprint density at radius 2 is 2.38 bits per heavy atom. The highest BCUT2D eigenvalue weighted by Crippen LogP contribution is 2.06. The van der Waals surface area contributed by atoms with Crippen LogP contribution in [0.1, 0.15) is 17.2 Å². The van der Waals surface area contributed by atoms with Gasteiger partial charge in [-0.3, -0.25) is 4.79 Å². The van der Waals surface area contributed by atoms with Gasteiger partial charge in [0.15, 0.2) is 6.39 Å². The first-order chi connectivity index (χ1) is 7.75. The molecule has 0 aliphatic rings. The van der Waals surface area contributed by atoms with E-state index in [-0.39, 0.29) is 12.3 Å². The molecule has 1 amide bonds. The smallest absolute Gasteiger partial charge is 0.228 e. The van der Waals surface area contributed by atoms with Crippen LogP contribution in [0.3, 0.4) is 0 Å². The summed E-state index contributed by atoms with van der Waals surface area (Å²) in [5.41, 5.74) is 0.744. The van der Waals surface area contributed by atoms with Gasteiger partial charge in [0.1, 0.15) is 11.5 Å². The summed E-state index contributed by atoms with van der Waals surface area (Å²) in [7, 11) is 0. The Balaban J connectivity index is 1.83. The largest absolute Gasteiger partial charge is 0.467 e. The first-order valence-electron chi connectivity index (χ1n) is 4.94. The molecule has 2 aromatic heterocycles. The highest BCUT2D eigenvalue weighted by molar-refractivity contribution is 5.78. The number of carbonyl (C=O) groups is 1. The molecule has 0 unspecified atom stereocenters. The van der Waals surface area contributed by atoms with Crippen molar-refractivity contribution in [3.8, 4) is 0 Å². The van der Waals surface area contributed by atoms with Gasteiger partial charge in [0.2, 0.25) is 5.91 Å². The molecule has 0 spiro atoms. The number of nitrogens with one attached hydrogen (secondary N) is 1. The Hall–Kier alpha value is -2.04. The van der Waals surface area contributed by atoms with Crippen LogP contribution in [0, 0.1) is 6.92 Å². The number of hydrogen-bond donors (Lipinski definition) is 1. The SMILES string of the molecule is Cc1ncoc1CC(=O)NCc1ccco1. The zero-order valence-corrected chi connectivity index (χ0v) is 8.90. The van der Waals surface area contributed by atoms with Gasteiger partial charge < -0.3 is 14.2 Å². The molecule has 5 heteroatoms. The molecule has 0 atom stereocenters. The number of amides is 1. The lowest BCUT2D eigenvalue weighted by atomic mass is 10.2. The summed E-state index contributed by atoms with van der Waals surface area (Å²) in [5.74, 6) is 1.20. The summed E-state index contributed by atoms with van der Waals surface area (Å²) in [5, 5.41) is 2.73. The second kappa shape index (κ2) is 4.65. The molecular formula is C11H12N2O3. The van der Waals surface area contributed by atoms with E-state index in [4.69, 9.17) is 8.83 Å². The van der Waals surface area contributed by atoms with Crippen molar-refractivity contribution in [1.82, 2.24) is 10.3 Å². The lowest BCUT2D eigenvalue weighted by Gasteiger charge is -2.01. The molecule has 0 saturated carbocycles. The van der Waals surface area contributed by atoms with Gasteiger partial charge in [0.25, 0.3) is 0 Å². The summed E-state index contributed by atoms with van der Waals surface area (Å²) >= 11 is 0. The van der Waals surface area contributed by atoms with E-state index in [0.29, 0.717) is 12.3 Å². The molecule has 0 bridgehead atoms. The van der Waals surface area contributed by atoms with Gasteiger partial charge in [0.05, 0.1) is 24.9 Å². The zero-order valence-electron chi connectivity index (χ0n) is 8.90. The molecular weight excluding hydrogens is 208 g/mol. The monoisotopic (exact) mass is 220 g/mol. The Kier molecular flexibility index (Phi) is 3.05. The van der Waals surface area contributed by atoms with Crippen molar-refractivity contribution in [1.29, 1.82) is 0 Å². The fraction of sp³-hybridized carbons (Fsp3) is 0.273. The maximum Gasteiger partial charge on any atom is 0.228 e. The zero-order chi connectivity index (χ0) is 11.4. The second-order valence-corrected chi connectivity index (χ2v) is 3.39. The van der Waals surface area contributed by atoms with Crippen LogP contribution in [-0.2, 0) is 17.8 Å². The van der Waals surface area contributed by atoms with Crippen LogP contribution in [-0.4, -0.2) is 10.9 Å². The van der Waals surface area contributed by atoms with E-state index < -0.39 is 0 Å². The topological polar surface area (TPSA) is 68.3 Å². The number of furan rings is 1. The molecule has 0 aliphatic carbocycles. The van der Waals surface area contributed by atoms with Gasteiger partial charge in [-0.2, -0.15) is 0 Å². The Bertz CT molecular complexity index is 459. The van der Waals surface area contributed by atoms with E-state index in [0.717, 1.165) is 11.5 Å². The van der Waals surface area contributed by atoms with Crippen LogP contribution in [0.5, 0.6) is 0 Å².